The third kappa shape index (κ3) is 6.11. The molecular weight excluding hydrogens is 364 g/mol. The minimum absolute atomic E-state index is 0.771. The van der Waals surface area contributed by atoms with Crippen molar-refractivity contribution in [2.45, 2.75) is 89.9 Å². The summed E-state index contributed by atoms with van der Waals surface area (Å²) in [6, 6.07) is 6.13. The molecule has 0 spiro atoms. The summed E-state index contributed by atoms with van der Waals surface area (Å²) < 4.78 is 0. The second-order valence-corrected chi connectivity index (χ2v) is 8.68. The Bertz CT molecular complexity index is 741. The summed E-state index contributed by atoms with van der Waals surface area (Å²) in [7, 11) is 0. The first-order valence-corrected chi connectivity index (χ1v) is 11.8. The summed E-state index contributed by atoms with van der Waals surface area (Å²) in [6.07, 6.45) is 18.0. The normalized spacial score (nSPS) is 13.6. The van der Waals surface area contributed by atoms with E-state index in [0.717, 1.165) is 36.3 Å². The minimum Gasteiger partial charge on any atom is -0.384 e. The predicted octanol–water partition coefficient (Wildman–Crippen LogP) is 7.91. The first-order valence-electron chi connectivity index (χ1n) is 11.4. The summed E-state index contributed by atoms with van der Waals surface area (Å²) in [4.78, 5) is 4.91. The Morgan fingerprint density at radius 3 is 2.32 bits per heavy atom. The fourth-order valence-corrected chi connectivity index (χ4v) is 4.52. The zero-order valence-corrected chi connectivity index (χ0v) is 18.1. The molecule has 1 aromatic heterocycles. The molecule has 1 heterocycles. The molecule has 0 saturated heterocycles. The van der Waals surface area contributed by atoms with E-state index >= 15 is 0 Å². The summed E-state index contributed by atoms with van der Waals surface area (Å²) in [6.45, 7) is 4.97. The number of pyridine rings is 1. The maximum absolute atomic E-state index is 6.21. The van der Waals surface area contributed by atoms with Gasteiger partial charge in [-0.1, -0.05) is 76.3 Å². The van der Waals surface area contributed by atoms with Crippen LogP contribution in [0, 0.1) is 6.92 Å². The van der Waals surface area contributed by atoms with E-state index in [4.69, 9.17) is 16.6 Å². The van der Waals surface area contributed by atoms with Gasteiger partial charge in [-0.05, 0) is 55.9 Å². The first-order chi connectivity index (χ1) is 13.8. The number of hydrogen-bond donors (Lipinski definition) is 1. The van der Waals surface area contributed by atoms with E-state index in [2.05, 4.69) is 18.3 Å². The van der Waals surface area contributed by atoms with Crippen molar-refractivity contribution in [3.05, 3.63) is 41.4 Å². The van der Waals surface area contributed by atoms with Crippen LogP contribution in [0.15, 0.2) is 18.2 Å². The molecule has 2 nitrogen and oxygen atoms in total. The number of aromatic nitrogens is 1. The van der Waals surface area contributed by atoms with Crippen molar-refractivity contribution < 1.29 is 0 Å². The van der Waals surface area contributed by atoms with Crippen molar-refractivity contribution in [2.24, 2.45) is 0 Å². The molecular formula is C25H36ClN2. The maximum Gasteiger partial charge on any atom is 0.0741 e. The fourth-order valence-electron chi connectivity index (χ4n) is 4.35. The molecule has 1 aliphatic rings. The van der Waals surface area contributed by atoms with Gasteiger partial charge in [-0.15, -0.1) is 0 Å². The molecule has 0 unspecified atom stereocenters. The Balaban J connectivity index is 1.47. The smallest absolute Gasteiger partial charge is 0.0741 e. The van der Waals surface area contributed by atoms with Crippen molar-refractivity contribution in [1.29, 1.82) is 0 Å². The largest absolute Gasteiger partial charge is 0.384 e. The van der Waals surface area contributed by atoms with Crippen LogP contribution in [0.2, 0.25) is 5.02 Å². The molecule has 1 aromatic carbocycles. The average molecular weight is 400 g/mol. The van der Waals surface area contributed by atoms with Gasteiger partial charge in [0.05, 0.1) is 5.52 Å². The lowest BCUT2D eigenvalue weighted by Gasteiger charge is -2.22. The number of rotatable bonds is 12. The third-order valence-corrected chi connectivity index (χ3v) is 6.19. The monoisotopic (exact) mass is 399 g/mol. The number of nitrogens with zero attached hydrogens (tertiary/aromatic N) is 1. The average Bonchev–Trinajstić information content (AvgIpc) is 2.71. The van der Waals surface area contributed by atoms with E-state index in [1.54, 1.807) is 0 Å². The van der Waals surface area contributed by atoms with Crippen LogP contribution in [0.25, 0.3) is 10.9 Å². The molecule has 0 fully saturated rings. The lowest BCUT2D eigenvalue weighted by Crippen LogP contribution is -2.12. The highest BCUT2D eigenvalue weighted by atomic mass is 35.5. The Hall–Kier alpha value is -1.28. The van der Waals surface area contributed by atoms with E-state index in [-0.39, 0.29) is 0 Å². The molecule has 0 saturated carbocycles. The summed E-state index contributed by atoms with van der Waals surface area (Å²) in [5.41, 5.74) is 5.09. The van der Waals surface area contributed by atoms with E-state index < -0.39 is 0 Å². The van der Waals surface area contributed by atoms with Crippen LogP contribution in [-0.2, 0) is 12.8 Å². The molecule has 0 atom stereocenters. The second kappa shape index (κ2) is 11.7. The molecule has 0 aliphatic heterocycles. The van der Waals surface area contributed by atoms with Gasteiger partial charge in [-0.2, -0.15) is 0 Å². The lowest BCUT2D eigenvalue weighted by molar-refractivity contribution is 0.563. The van der Waals surface area contributed by atoms with Crippen LogP contribution >= 0.6 is 11.6 Å². The maximum atomic E-state index is 6.21. The van der Waals surface area contributed by atoms with Crippen LogP contribution in [0.4, 0.5) is 5.69 Å². The molecule has 0 amide bonds. The quantitative estimate of drug-likeness (QED) is 0.366. The highest BCUT2D eigenvalue weighted by Crippen LogP contribution is 2.34. The lowest BCUT2D eigenvalue weighted by atomic mass is 9.92. The van der Waals surface area contributed by atoms with E-state index in [0.29, 0.717) is 0 Å². The van der Waals surface area contributed by atoms with E-state index in [1.807, 2.05) is 12.1 Å². The van der Waals surface area contributed by atoms with Gasteiger partial charge in [0.15, 0.2) is 0 Å². The van der Waals surface area contributed by atoms with Gasteiger partial charge in [0.1, 0.15) is 0 Å². The first kappa shape index (κ1) is 21.4. The van der Waals surface area contributed by atoms with Crippen molar-refractivity contribution in [1.82, 2.24) is 4.98 Å². The van der Waals surface area contributed by atoms with E-state index in [1.165, 1.54) is 93.0 Å². The zero-order valence-electron chi connectivity index (χ0n) is 17.4. The molecule has 1 N–H and O–H groups in total. The van der Waals surface area contributed by atoms with Gasteiger partial charge in [0.2, 0.25) is 0 Å². The van der Waals surface area contributed by atoms with Gasteiger partial charge in [-0.25, -0.2) is 0 Å². The number of benzene rings is 1. The number of fused-ring (bicyclic) bond motifs is 2. The zero-order chi connectivity index (χ0) is 19.6. The Morgan fingerprint density at radius 2 is 1.57 bits per heavy atom. The van der Waals surface area contributed by atoms with Crippen LogP contribution < -0.4 is 5.32 Å². The molecule has 2 aromatic rings. The third-order valence-electron chi connectivity index (χ3n) is 5.95. The van der Waals surface area contributed by atoms with Crippen LogP contribution in [0.1, 0.15) is 88.3 Å². The number of nitrogens with one attached hydrogen (secondary N) is 1. The molecule has 3 rings (SSSR count). The summed E-state index contributed by atoms with van der Waals surface area (Å²) in [5.74, 6) is 0. The number of hydrogen-bond acceptors (Lipinski definition) is 2. The van der Waals surface area contributed by atoms with Crippen LogP contribution in [0.5, 0.6) is 0 Å². The molecule has 1 radical (unpaired) electrons. The van der Waals surface area contributed by atoms with Crippen molar-refractivity contribution in [3.8, 4) is 0 Å². The number of anilines is 1. The highest BCUT2D eigenvalue weighted by Gasteiger charge is 2.18. The van der Waals surface area contributed by atoms with Crippen molar-refractivity contribution in [2.75, 3.05) is 11.9 Å². The SMILES string of the molecule is [CH2]CCCCCCCCCCCNc1c2c(nc3cc(Cl)ccc13)CCCC2. The number of aryl methyl sites for hydroxylation is 1. The van der Waals surface area contributed by atoms with Crippen LogP contribution in [-0.4, -0.2) is 11.5 Å². The molecule has 153 valence electrons. The van der Waals surface area contributed by atoms with Gasteiger partial charge in [-0.3, -0.25) is 4.98 Å². The van der Waals surface area contributed by atoms with E-state index in [9.17, 15) is 0 Å². The van der Waals surface area contributed by atoms with Gasteiger partial charge in [0.25, 0.3) is 0 Å². The molecule has 0 bridgehead atoms. The Labute approximate surface area is 176 Å². The molecule has 3 heteroatoms. The predicted molar refractivity (Wildman–Crippen MR) is 123 cm³/mol. The van der Waals surface area contributed by atoms with Gasteiger partial charge < -0.3 is 5.32 Å². The Kier molecular flexibility index (Phi) is 8.92. The Morgan fingerprint density at radius 1 is 0.893 bits per heavy atom. The van der Waals surface area contributed by atoms with Crippen molar-refractivity contribution >= 4 is 28.2 Å². The molecule has 28 heavy (non-hydrogen) atoms. The summed E-state index contributed by atoms with van der Waals surface area (Å²) >= 11 is 6.21. The van der Waals surface area contributed by atoms with Gasteiger partial charge >= 0.3 is 0 Å². The topological polar surface area (TPSA) is 24.9 Å². The second-order valence-electron chi connectivity index (χ2n) is 8.24. The van der Waals surface area contributed by atoms with Crippen molar-refractivity contribution in [3.63, 3.8) is 0 Å². The molecule has 1 aliphatic carbocycles. The number of halogens is 1. The summed E-state index contributed by atoms with van der Waals surface area (Å²) in [5, 5.41) is 5.77. The minimum atomic E-state index is 0.771. The standard InChI is InChI=1S/C25H36ClN2/c1-2-3-4-5-6-7-8-9-10-13-18-27-25-21-14-11-12-15-23(21)28-24-19-20(26)16-17-22(24)25/h16-17,19H,1-15,18H2,(H,27,28). The van der Waals surface area contributed by atoms with Gasteiger partial charge in [0, 0.05) is 28.3 Å². The van der Waals surface area contributed by atoms with Crippen LogP contribution in [0.3, 0.4) is 0 Å². The highest BCUT2D eigenvalue weighted by molar-refractivity contribution is 6.31. The fraction of sp³-hybridized carbons (Fsp3) is 0.600. The number of unbranched alkanes of at least 4 members (excludes halogenated alkanes) is 9.